The lowest BCUT2D eigenvalue weighted by Crippen LogP contribution is -2.63. The number of hydrogen-bond acceptors (Lipinski definition) is 8. The van der Waals surface area contributed by atoms with Gasteiger partial charge in [-0.1, -0.05) is 19.4 Å². The molecule has 0 fully saturated rings. The number of hydrogen-bond donors (Lipinski definition) is 4. The fourth-order valence-electron chi connectivity index (χ4n) is 5.84. The number of aliphatic hydroxyl groups excluding tert-OH is 2. The molecule has 0 saturated heterocycles. The topological polar surface area (TPSA) is 150 Å². The lowest BCUT2D eigenvalue weighted by molar-refractivity contribution is -0.148. The second-order valence-electron chi connectivity index (χ2n) is 9.90. The Hall–Kier alpha value is -3.17. The number of likely N-dealkylation sites (N-methyl/N-ethyl adjacent to an activating group) is 1. The van der Waals surface area contributed by atoms with Crippen LogP contribution in [0.25, 0.3) is 0 Å². The van der Waals surface area contributed by atoms with Gasteiger partial charge in [0.1, 0.15) is 22.8 Å². The summed E-state index contributed by atoms with van der Waals surface area (Å²) in [6.45, 7) is 4.35. The Morgan fingerprint density at radius 2 is 1.94 bits per heavy atom. The van der Waals surface area contributed by atoms with Crippen LogP contribution in [0.3, 0.4) is 0 Å². The van der Waals surface area contributed by atoms with E-state index >= 15 is 0 Å². The molecule has 35 heavy (non-hydrogen) atoms. The van der Waals surface area contributed by atoms with Gasteiger partial charge in [0.05, 0.1) is 18.2 Å². The van der Waals surface area contributed by atoms with E-state index in [-0.39, 0.29) is 12.0 Å². The number of nitrogens with zero attached hydrogens (tertiary/aromatic N) is 1. The summed E-state index contributed by atoms with van der Waals surface area (Å²) in [6, 6.07) is 2.65. The summed E-state index contributed by atoms with van der Waals surface area (Å²) >= 11 is 0. The smallest absolute Gasteiger partial charge is 0.255 e. The molecule has 188 valence electrons. The molecule has 0 aliphatic heterocycles. The van der Waals surface area contributed by atoms with Gasteiger partial charge < -0.3 is 25.8 Å². The normalized spacial score (nSPS) is 28.1. The molecule has 9 nitrogen and oxygen atoms in total. The average Bonchev–Trinajstić information content (AvgIpc) is 2.77. The van der Waals surface area contributed by atoms with Crippen LogP contribution in [-0.2, 0) is 16.0 Å². The number of ether oxygens (including phenoxy) is 1. The number of Topliss-reactive ketones (excluding diaryl/α,β-unsaturated/α-hetero) is 2. The summed E-state index contributed by atoms with van der Waals surface area (Å²) in [4.78, 5) is 40.7. The maximum atomic E-state index is 13.8. The number of primary amides is 1. The van der Waals surface area contributed by atoms with Crippen molar-refractivity contribution >= 4 is 17.5 Å². The van der Waals surface area contributed by atoms with Crippen molar-refractivity contribution in [2.75, 3.05) is 20.7 Å². The van der Waals surface area contributed by atoms with Gasteiger partial charge in [0.15, 0.2) is 11.4 Å². The number of allylic oxidation sites excluding steroid dienone is 1. The molecular formula is C26H32N2O7. The second kappa shape index (κ2) is 8.80. The van der Waals surface area contributed by atoms with Gasteiger partial charge in [-0.3, -0.25) is 19.3 Å². The lowest BCUT2D eigenvalue weighted by Gasteiger charge is -2.50. The summed E-state index contributed by atoms with van der Waals surface area (Å²) in [5.74, 6) is -5.34. The highest BCUT2D eigenvalue weighted by Gasteiger charge is 2.63. The van der Waals surface area contributed by atoms with Crippen LogP contribution in [0.15, 0.2) is 34.8 Å². The standard InChI is InChI=1S/C26H32N2O7/c1-5-6-9-35-16-8-7-12(2)14-10-13-11-15-20(28(3)4)22(30)19(25(27)33)24(32)26(15,34)23(31)17(13)21(29)18(14)16/h7-8,13,15,20,30-31,34H,5-6,9-11H2,1-4H3,(H2,27,33)/t13-,15-,20-,26-/m0/s1. The third kappa shape index (κ3) is 3.56. The number of ketones is 2. The molecule has 9 heteroatoms. The maximum Gasteiger partial charge on any atom is 0.255 e. The molecule has 0 unspecified atom stereocenters. The zero-order valence-corrected chi connectivity index (χ0v) is 20.4. The number of rotatable bonds is 6. The predicted molar refractivity (Wildman–Crippen MR) is 127 cm³/mol. The largest absolute Gasteiger partial charge is 0.510 e. The third-order valence-electron chi connectivity index (χ3n) is 7.58. The summed E-state index contributed by atoms with van der Waals surface area (Å²) < 4.78 is 5.89. The van der Waals surface area contributed by atoms with E-state index in [1.807, 2.05) is 19.9 Å². The van der Waals surface area contributed by atoms with Crippen LogP contribution >= 0.6 is 0 Å². The number of aliphatic hydroxyl groups is 3. The van der Waals surface area contributed by atoms with E-state index in [0.29, 0.717) is 24.3 Å². The van der Waals surface area contributed by atoms with E-state index in [4.69, 9.17) is 10.5 Å². The monoisotopic (exact) mass is 484 g/mol. The van der Waals surface area contributed by atoms with Gasteiger partial charge in [0.25, 0.3) is 5.91 Å². The number of benzene rings is 1. The quantitative estimate of drug-likeness (QED) is 0.353. The minimum atomic E-state index is -2.57. The zero-order valence-electron chi connectivity index (χ0n) is 20.4. The van der Waals surface area contributed by atoms with Gasteiger partial charge in [-0.2, -0.15) is 0 Å². The van der Waals surface area contributed by atoms with Crippen molar-refractivity contribution in [3.8, 4) is 5.75 Å². The Kier molecular flexibility index (Phi) is 6.27. The molecule has 1 aromatic carbocycles. The van der Waals surface area contributed by atoms with Gasteiger partial charge in [-0.05, 0) is 63.4 Å². The van der Waals surface area contributed by atoms with Crippen LogP contribution in [0.2, 0.25) is 0 Å². The van der Waals surface area contributed by atoms with Crippen molar-refractivity contribution in [1.29, 1.82) is 0 Å². The first-order chi connectivity index (χ1) is 16.5. The molecule has 0 radical (unpaired) electrons. The molecule has 0 bridgehead atoms. The van der Waals surface area contributed by atoms with Gasteiger partial charge in [0.2, 0.25) is 5.78 Å². The summed E-state index contributed by atoms with van der Waals surface area (Å²) in [7, 11) is 3.24. The molecule has 4 rings (SSSR count). The second-order valence-corrected chi connectivity index (χ2v) is 9.90. The van der Waals surface area contributed by atoms with Crippen LogP contribution in [-0.4, -0.2) is 70.0 Å². The molecular weight excluding hydrogens is 452 g/mol. The van der Waals surface area contributed by atoms with E-state index in [2.05, 4.69) is 0 Å². The number of carbonyl (C=O) groups excluding carboxylic acids is 3. The molecule has 4 atom stereocenters. The molecule has 5 N–H and O–H groups in total. The van der Waals surface area contributed by atoms with Crippen molar-refractivity contribution in [2.45, 2.75) is 51.2 Å². The molecule has 0 aromatic heterocycles. The Morgan fingerprint density at radius 1 is 1.26 bits per heavy atom. The highest BCUT2D eigenvalue weighted by molar-refractivity contribution is 6.24. The number of aryl methyl sites for hydroxylation is 1. The van der Waals surface area contributed by atoms with Crippen molar-refractivity contribution in [2.24, 2.45) is 17.6 Å². The van der Waals surface area contributed by atoms with Crippen molar-refractivity contribution in [3.05, 3.63) is 51.5 Å². The van der Waals surface area contributed by atoms with E-state index in [1.165, 1.54) is 0 Å². The molecule has 1 aromatic rings. The number of nitrogens with two attached hydrogens (primary N) is 1. The average molecular weight is 485 g/mol. The Morgan fingerprint density at radius 3 is 2.54 bits per heavy atom. The molecule has 0 saturated carbocycles. The summed E-state index contributed by atoms with van der Waals surface area (Å²) in [6.07, 6.45) is 2.25. The van der Waals surface area contributed by atoms with Crippen molar-refractivity contribution in [1.82, 2.24) is 4.90 Å². The van der Waals surface area contributed by atoms with Gasteiger partial charge >= 0.3 is 0 Å². The first kappa shape index (κ1) is 24.9. The van der Waals surface area contributed by atoms with Gasteiger partial charge in [-0.15, -0.1) is 0 Å². The number of unbranched alkanes of at least 4 members (excludes halogenated alkanes) is 1. The van der Waals surface area contributed by atoms with Gasteiger partial charge in [-0.25, -0.2) is 0 Å². The van der Waals surface area contributed by atoms with E-state index in [0.717, 1.165) is 24.0 Å². The van der Waals surface area contributed by atoms with Crippen LogP contribution in [0, 0.1) is 18.8 Å². The SMILES string of the molecule is CCCCOc1ccc(C)c2c1C(=O)C1=C(O)[C@]3(O)C(=O)C(C(N)=O)=C(O)[C@@H](N(C)C)[C@@H]3C[C@@H]1C2. The van der Waals surface area contributed by atoms with E-state index in [1.54, 1.807) is 25.1 Å². The fraction of sp³-hybridized carbons (Fsp3) is 0.500. The lowest BCUT2D eigenvalue weighted by atomic mass is 9.58. The Bertz CT molecular complexity index is 1180. The van der Waals surface area contributed by atoms with Crippen LogP contribution in [0.1, 0.15) is 47.7 Å². The number of carbonyl (C=O) groups is 3. The molecule has 0 spiro atoms. The third-order valence-corrected chi connectivity index (χ3v) is 7.58. The maximum absolute atomic E-state index is 13.8. The van der Waals surface area contributed by atoms with Crippen molar-refractivity contribution < 1.29 is 34.4 Å². The summed E-state index contributed by atoms with van der Waals surface area (Å²) in [5, 5.41) is 33.8. The molecule has 1 amide bonds. The Balaban J connectivity index is 1.90. The highest BCUT2D eigenvalue weighted by atomic mass is 16.5. The Labute approximate surface area is 203 Å². The molecule has 3 aliphatic carbocycles. The van der Waals surface area contributed by atoms with Crippen molar-refractivity contribution in [3.63, 3.8) is 0 Å². The summed E-state index contributed by atoms with van der Waals surface area (Å²) in [5.41, 5.74) is 3.99. The van der Waals surface area contributed by atoms with Crippen LogP contribution in [0.4, 0.5) is 0 Å². The zero-order chi connectivity index (χ0) is 25.8. The van der Waals surface area contributed by atoms with E-state index in [9.17, 15) is 29.7 Å². The minimum absolute atomic E-state index is 0.0572. The number of fused-ring (bicyclic) bond motifs is 3. The fourth-order valence-corrected chi connectivity index (χ4v) is 5.84. The molecule has 3 aliphatic rings. The first-order valence-corrected chi connectivity index (χ1v) is 11.9. The molecule has 0 heterocycles. The van der Waals surface area contributed by atoms with E-state index < -0.39 is 58.0 Å². The van der Waals surface area contributed by atoms with Gasteiger partial charge in [0, 0.05) is 11.5 Å². The van der Waals surface area contributed by atoms with Crippen LogP contribution < -0.4 is 10.5 Å². The minimum Gasteiger partial charge on any atom is -0.510 e. The predicted octanol–water partition coefficient (Wildman–Crippen LogP) is 1.90. The highest BCUT2D eigenvalue weighted by Crippen LogP contribution is 2.52. The first-order valence-electron chi connectivity index (χ1n) is 11.9. The number of amides is 1. The van der Waals surface area contributed by atoms with Crippen LogP contribution in [0.5, 0.6) is 5.75 Å².